The highest BCUT2D eigenvalue weighted by atomic mass is 16.5. The predicted octanol–water partition coefficient (Wildman–Crippen LogP) is 0.00260. The molecule has 0 bridgehead atoms. The molecule has 1 atom stereocenters. The monoisotopic (exact) mass is 262 g/mol. The third-order valence-electron chi connectivity index (χ3n) is 2.48. The summed E-state index contributed by atoms with van der Waals surface area (Å²) in [6.07, 6.45) is 0.414. The molecule has 0 radical (unpaired) electrons. The lowest BCUT2D eigenvalue weighted by molar-refractivity contribution is -0.136. The molecule has 0 spiro atoms. The fraction of sp³-hybridized carbons (Fsp3) is 0.167. The van der Waals surface area contributed by atoms with Crippen LogP contribution < -0.4 is 15.4 Å². The van der Waals surface area contributed by atoms with Crippen LogP contribution in [0.2, 0.25) is 0 Å². The summed E-state index contributed by atoms with van der Waals surface area (Å²) in [6, 6.07) is 4.40. The van der Waals surface area contributed by atoms with Crippen molar-refractivity contribution >= 4 is 24.2 Å². The summed E-state index contributed by atoms with van der Waals surface area (Å²) in [5, 5.41) is 4.31. The first-order valence-electron chi connectivity index (χ1n) is 5.46. The molecule has 1 fully saturated rings. The number of hydrogen-bond donors (Lipinski definition) is 2. The van der Waals surface area contributed by atoms with Crippen LogP contribution in [0.3, 0.4) is 0 Å². The Morgan fingerprint density at radius 2 is 1.95 bits per heavy atom. The van der Waals surface area contributed by atoms with E-state index in [1.807, 2.05) is 5.32 Å². The molecular formula is C12H10N2O5. The average molecular weight is 262 g/mol. The molecule has 1 aromatic rings. The number of hydrogen-bond acceptors (Lipinski definition) is 5. The summed E-state index contributed by atoms with van der Waals surface area (Å²) in [6.45, 7) is 0. The molecule has 1 aromatic carbocycles. The van der Waals surface area contributed by atoms with Gasteiger partial charge in [0.15, 0.2) is 0 Å². The third kappa shape index (κ3) is 3.15. The highest BCUT2D eigenvalue weighted by molar-refractivity contribution is 6.05. The van der Waals surface area contributed by atoms with Crippen molar-refractivity contribution in [1.29, 1.82) is 0 Å². The minimum atomic E-state index is -0.908. The van der Waals surface area contributed by atoms with Crippen LogP contribution in [-0.4, -0.2) is 30.2 Å². The Bertz CT molecular complexity index is 538. The van der Waals surface area contributed by atoms with Crippen molar-refractivity contribution in [2.24, 2.45) is 0 Å². The molecule has 19 heavy (non-hydrogen) atoms. The molecular weight excluding hydrogens is 252 g/mol. The maximum Gasteiger partial charge on any atom is 0.322 e. The largest absolute Gasteiger partial charge is 0.426 e. The first-order chi connectivity index (χ1) is 9.08. The number of carbonyl (C=O) groups excluding carboxylic acids is 4. The molecule has 2 rings (SSSR count). The molecule has 3 amide bonds. The minimum Gasteiger partial charge on any atom is -0.426 e. The number of benzene rings is 1. The van der Waals surface area contributed by atoms with E-state index >= 15 is 0 Å². The van der Waals surface area contributed by atoms with Gasteiger partial charge in [0.1, 0.15) is 18.1 Å². The van der Waals surface area contributed by atoms with Crippen molar-refractivity contribution < 1.29 is 23.9 Å². The van der Waals surface area contributed by atoms with Crippen LogP contribution in [0.4, 0.5) is 4.79 Å². The highest BCUT2D eigenvalue weighted by Gasteiger charge is 2.31. The molecule has 0 aromatic heterocycles. The number of carbonyl (C=O) groups is 4. The van der Waals surface area contributed by atoms with Crippen LogP contribution >= 0.6 is 0 Å². The molecule has 0 aliphatic carbocycles. The molecule has 7 nitrogen and oxygen atoms in total. The van der Waals surface area contributed by atoms with Gasteiger partial charge in [-0.15, -0.1) is 0 Å². The topological polar surface area (TPSA) is 102 Å². The van der Waals surface area contributed by atoms with Gasteiger partial charge in [0.05, 0.1) is 6.42 Å². The van der Waals surface area contributed by atoms with E-state index in [4.69, 9.17) is 4.74 Å². The van der Waals surface area contributed by atoms with Crippen molar-refractivity contribution in [3.8, 4) is 5.75 Å². The zero-order valence-corrected chi connectivity index (χ0v) is 9.71. The van der Waals surface area contributed by atoms with Crippen molar-refractivity contribution in [2.45, 2.75) is 12.5 Å². The van der Waals surface area contributed by atoms with Gasteiger partial charge >= 0.3 is 12.0 Å². The van der Waals surface area contributed by atoms with Gasteiger partial charge in [-0.3, -0.25) is 19.7 Å². The van der Waals surface area contributed by atoms with Crippen LogP contribution in [0.1, 0.15) is 16.8 Å². The Morgan fingerprint density at radius 3 is 2.47 bits per heavy atom. The molecule has 1 heterocycles. The zero-order chi connectivity index (χ0) is 13.8. The van der Waals surface area contributed by atoms with E-state index in [1.165, 1.54) is 24.3 Å². The zero-order valence-electron chi connectivity index (χ0n) is 9.71. The Hall–Kier alpha value is -2.70. The molecule has 0 saturated carbocycles. The standard InChI is InChI=1S/C12H10N2O5/c15-6-7-1-3-8(4-2-7)19-10(16)5-9-11(17)14-12(18)13-9/h1-4,6,9H,5H2,(H2,13,14,17,18). The van der Waals surface area contributed by atoms with Gasteiger partial charge in [-0.1, -0.05) is 0 Å². The molecule has 98 valence electrons. The van der Waals surface area contributed by atoms with Crippen molar-refractivity contribution in [3.05, 3.63) is 29.8 Å². The molecule has 2 N–H and O–H groups in total. The number of esters is 1. The first kappa shape index (κ1) is 12.7. The third-order valence-corrected chi connectivity index (χ3v) is 2.48. The minimum absolute atomic E-state index is 0.257. The Kier molecular flexibility index (Phi) is 3.56. The second-order valence-corrected chi connectivity index (χ2v) is 3.88. The molecule has 1 aliphatic rings. The van der Waals surface area contributed by atoms with Crippen molar-refractivity contribution in [2.75, 3.05) is 0 Å². The van der Waals surface area contributed by atoms with E-state index in [2.05, 4.69) is 5.32 Å². The van der Waals surface area contributed by atoms with E-state index in [0.29, 0.717) is 11.8 Å². The van der Waals surface area contributed by atoms with Crippen LogP contribution in [0.5, 0.6) is 5.75 Å². The van der Waals surface area contributed by atoms with Crippen LogP contribution in [-0.2, 0) is 9.59 Å². The van der Waals surface area contributed by atoms with Crippen LogP contribution in [0.25, 0.3) is 0 Å². The smallest absolute Gasteiger partial charge is 0.322 e. The van der Waals surface area contributed by atoms with Gasteiger partial charge in [-0.2, -0.15) is 0 Å². The first-order valence-corrected chi connectivity index (χ1v) is 5.46. The fourth-order valence-electron chi connectivity index (χ4n) is 1.56. The van der Waals surface area contributed by atoms with E-state index < -0.39 is 23.9 Å². The Labute approximate surface area is 107 Å². The number of urea groups is 1. The van der Waals surface area contributed by atoms with Gasteiger partial charge in [-0.05, 0) is 24.3 Å². The maximum atomic E-state index is 11.6. The van der Waals surface area contributed by atoms with Gasteiger partial charge < -0.3 is 10.1 Å². The lowest BCUT2D eigenvalue weighted by atomic mass is 10.2. The normalized spacial score (nSPS) is 17.6. The number of ether oxygens (including phenoxy) is 1. The van der Waals surface area contributed by atoms with Gasteiger partial charge in [0, 0.05) is 5.56 Å². The van der Waals surface area contributed by atoms with Crippen molar-refractivity contribution in [1.82, 2.24) is 10.6 Å². The number of amides is 3. The van der Waals surface area contributed by atoms with E-state index in [0.717, 1.165) is 0 Å². The summed E-state index contributed by atoms with van der Waals surface area (Å²) in [5.41, 5.74) is 0.460. The van der Waals surface area contributed by atoms with E-state index in [9.17, 15) is 19.2 Å². The lowest BCUT2D eigenvalue weighted by Gasteiger charge is -2.07. The number of aldehydes is 1. The number of rotatable bonds is 4. The Morgan fingerprint density at radius 1 is 1.26 bits per heavy atom. The summed E-state index contributed by atoms with van der Waals surface area (Å²) in [7, 11) is 0. The summed E-state index contributed by atoms with van der Waals surface area (Å²) < 4.78 is 4.97. The van der Waals surface area contributed by atoms with E-state index in [-0.39, 0.29) is 12.2 Å². The highest BCUT2D eigenvalue weighted by Crippen LogP contribution is 2.12. The van der Waals surface area contributed by atoms with Crippen LogP contribution in [0.15, 0.2) is 24.3 Å². The van der Waals surface area contributed by atoms with Gasteiger partial charge in [0.2, 0.25) is 0 Å². The molecule has 1 saturated heterocycles. The predicted molar refractivity (Wildman–Crippen MR) is 62.5 cm³/mol. The Balaban J connectivity index is 1.92. The maximum absolute atomic E-state index is 11.6. The molecule has 1 aliphatic heterocycles. The van der Waals surface area contributed by atoms with Gasteiger partial charge in [0.25, 0.3) is 5.91 Å². The summed E-state index contributed by atoms with van der Waals surface area (Å²) >= 11 is 0. The second-order valence-electron chi connectivity index (χ2n) is 3.88. The summed E-state index contributed by atoms with van der Waals surface area (Å²) in [4.78, 5) is 44.1. The summed E-state index contributed by atoms with van der Waals surface area (Å²) in [5.74, 6) is -0.945. The lowest BCUT2D eigenvalue weighted by Crippen LogP contribution is -2.32. The van der Waals surface area contributed by atoms with Gasteiger partial charge in [-0.25, -0.2) is 4.79 Å². The number of imide groups is 1. The fourth-order valence-corrected chi connectivity index (χ4v) is 1.56. The van der Waals surface area contributed by atoms with Crippen LogP contribution in [0, 0.1) is 0 Å². The molecule has 1 unspecified atom stereocenters. The number of nitrogens with one attached hydrogen (secondary N) is 2. The second kappa shape index (κ2) is 5.30. The SMILES string of the molecule is O=Cc1ccc(OC(=O)CC2NC(=O)NC2=O)cc1. The average Bonchev–Trinajstić information content (AvgIpc) is 2.68. The quantitative estimate of drug-likeness (QED) is 0.344. The molecule has 7 heteroatoms. The van der Waals surface area contributed by atoms with E-state index in [1.54, 1.807) is 0 Å². The van der Waals surface area contributed by atoms with Crippen molar-refractivity contribution in [3.63, 3.8) is 0 Å².